The third-order valence-electron chi connectivity index (χ3n) is 7.77. The van der Waals surface area contributed by atoms with Gasteiger partial charge in [0.1, 0.15) is 18.1 Å². The third-order valence-corrected chi connectivity index (χ3v) is 7.77. The topological polar surface area (TPSA) is 74.2 Å². The molecule has 0 radical (unpaired) electrons. The zero-order chi connectivity index (χ0) is 29.9. The van der Waals surface area contributed by atoms with Crippen molar-refractivity contribution in [1.29, 1.82) is 0 Å². The van der Waals surface area contributed by atoms with Crippen LogP contribution in [0.15, 0.2) is 35.9 Å². The van der Waals surface area contributed by atoms with Gasteiger partial charge in [0.2, 0.25) is 0 Å². The van der Waals surface area contributed by atoms with Crippen molar-refractivity contribution in [3.63, 3.8) is 0 Å². The summed E-state index contributed by atoms with van der Waals surface area (Å²) in [6, 6.07) is 4.03. The molecule has 0 heterocycles. The molecule has 1 aromatic carbocycles. The van der Waals surface area contributed by atoms with Gasteiger partial charge < -0.3 is 24.1 Å². The third kappa shape index (κ3) is 10.9. The minimum atomic E-state index is -0.535. The molecule has 226 valence electrons. The minimum absolute atomic E-state index is 0.0314. The predicted molar refractivity (Wildman–Crippen MR) is 162 cm³/mol. The lowest BCUT2D eigenvalue weighted by atomic mass is 9.73. The fourth-order valence-corrected chi connectivity index (χ4v) is 5.21. The molecule has 1 aliphatic rings. The number of hydrogen-bond acceptors (Lipinski definition) is 6. The molecule has 6 heteroatoms. The standard InChI is InChI=1S/C34H54O6/c1-10-11-12-13-26-21-29(35)32(28-20-25(4)14-15-27(28)24(2)3)30(22-26)38-18-19-39-34(7,8)23-40-33(5,6)17-16-31(36)37-9/h20-22,27-28,35H,2,10-19,23H2,1,3-9H3. The molecule has 0 amide bonds. The van der Waals surface area contributed by atoms with E-state index in [0.29, 0.717) is 38.4 Å². The van der Waals surface area contributed by atoms with Crippen LogP contribution in [0.25, 0.3) is 0 Å². The molecular weight excluding hydrogens is 504 g/mol. The number of phenols is 1. The summed E-state index contributed by atoms with van der Waals surface area (Å²) < 4.78 is 23.4. The normalized spacial score (nSPS) is 17.9. The molecule has 1 aromatic rings. The van der Waals surface area contributed by atoms with Crippen molar-refractivity contribution in [1.82, 2.24) is 0 Å². The summed E-state index contributed by atoms with van der Waals surface area (Å²) in [5, 5.41) is 11.3. The van der Waals surface area contributed by atoms with E-state index in [0.717, 1.165) is 61.0 Å². The molecule has 2 rings (SSSR count). The Morgan fingerprint density at radius 2 is 1.82 bits per heavy atom. The highest BCUT2D eigenvalue weighted by Gasteiger charge is 2.31. The van der Waals surface area contributed by atoms with E-state index in [4.69, 9.17) is 18.9 Å². The van der Waals surface area contributed by atoms with Crippen molar-refractivity contribution < 1.29 is 28.8 Å². The number of carbonyl (C=O) groups is 1. The van der Waals surface area contributed by atoms with Crippen LogP contribution >= 0.6 is 0 Å². The van der Waals surface area contributed by atoms with Crippen LogP contribution in [0.2, 0.25) is 0 Å². The van der Waals surface area contributed by atoms with Crippen LogP contribution in [0, 0.1) is 5.92 Å². The van der Waals surface area contributed by atoms with Gasteiger partial charge in [-0.25, -0.2) is 0 Å². The number of allylic oxidation sites excluding steroid dienone is 3. The number of esters is 1. The minimum Gasteiger partial charge on any atom is -0.507 e. The van der Waals surface area contributed by atoms with Gasteiger partial charge >= 0.3 is 5.97 Å². The maximum atomic E-state index is 11.5. The van der Waals surface area contributed by atoms with E-state index in [-0.39, 0.29) is 17.8 Å². The Balaban J connectivity index is 2.12. The van der Waals surface area contributed by atoms with Gasteiger partial charge in [0, 0.05) is 17.9 Å². The van der Waals surface area contributed by atoms with E-state index in [2.05, 4.69) is 39.5 Å². The van der Waals surface area contributed by atoms with Crippen molar-refractivity contribution in [2.75, 3.05) is 26.9 Å². The van der Waals surface area contributed by atoms with Gasteiger partial charge in [-0.2, -0.15) is 0 Å². The molecule has 1 aliphatic carbocycles. The predicted octanol–water partition coefficient (Wildman–Crippen LogP) is 8.06. The van der Waals surface area contributed by atoms with Crippen LogP contribution in [-0.2, 0) is 25.4 Å². The van der Waals surface area contributed by atoms with Crippen LogP contribution < -0.4 is 4.74 Å². The highest BCUT2D eigenvalue weighted by atomic mass is 16.6. The number of unbranched alkanes of at least 4 members (excludes halogenated alkanes) is 2. The van der Waals surface area contributed by atoms with E-state index < -0.39 is 11.2 Å². The number of methoxy groups -OCH3 is 1. The van der Waals surface area contributed by atoms with Gasteiger partial charge in [-0.1, -0.05) is 43.6 Å². The van der Waals surface area contributed by atoms with Crippen molar-refractivity contribution in [3.05, 3.63) is 47.1 Å². The zero-order valence-corrected chi connectivity index (χ0v) is 26.4. The first kappa shape index (κ1) is 33.9. The molecule has 2 unspecified atom stereocenters. The quantitative estimate of drug-likeness (QED) is 0.118. The van der Waals surface area contributed by atoms with Crippen LogP contribution in [0.4, 0.5) is 0 Å². The molecule has 0 saturated heterocycles. The maximum absolute atomic E-state index is 11.5. The van der Waals surface area contributed by atoms with Gasteiger partial charge in [0.25, 0.3) is 0 Å². The van der Waals surface area contributed by atoms with Crippen molar-refractivity contribution in [2.45, 2.75) is 117 Å². The molecule has 0 aromatic heterocycles. The summed E-state index contributed by atoms with van der Waals surface area (Å²) in [5.41, 5.74) is 3.40. The lowest BCUT2D eigenvalue weighted by molar-refractivity contribution is -0.145. The average Bonchev–Trinajstić information content (AvgIpc) is 2.88. The smallest absolute Gasteiger partial charge is 0.305 e. The van der Waals surface area contributed by atoms with E-state index in [1.807, 2.05) is 33.8 Å². The molecule has 0 spiro atoms. The molecule has 0 aliphatic heterocycles. The SMILES string of the molecule is C=C(C)C1CCC(C)=CC1c1c(O)cc(CCCCC)cc1OCCOC(C)(C)COC(C)(C)CCC(=O)OC. The van der Waals surface area contributed by atoms with Crippen LogP contribution in [0.3, 0.4) is 0 Å². The Morgan fingerprint density at radius 1 is 1.10 bits per heavy atom. The number of aryl methyl sites for hydroxylation is 1. The lowest BCUT2D eigenvalue weighted by Crippen LogP contribution is -2.37. The van der Waals surface area contributed by atoms with E-state index in [1.54, 1.807) is 0 Å². The molecule has 0 saturated carbocycles. The maximum Gasteiger partial charge on any atom is 0.305 e. The van der Waals surface area contributed by atoms with Gasteiger partial charge in [0.05, 0.1) is 31.5 Å². The van der Waals surface area contributed by atoms with E-state index in [9.17, 15) is 9.90 Å². The fourth-order valence-electron chi connectivity index (χ4n) is 5.21. The van der Waals surface area contributed by atoms with Gasteiger partial charge in [-0.15, -0.1) is 0 Å². The molecule has 40 heavy (non-hydrogen) atoms. The summed E-state index contributed by atoms with van der Waals surface area (Å²) in [5.74, 6) is 1.09. The molecule has 0 bridgehead atoms. The summed E-state index contributed by atoms with van der Waals surface area (Å²) in [4.78, 5) is 11.5. The average molecular weight is 559 g/mol. The summed E-state index contributed by atoms with van der Waals surface area (Å²) in [7, 11) is 1.40. The van der Waals surface area contributed by atoms with Crippen LogP contribution in [0.5, 0.6) is 11.5 Å². The molecule has 0 fully saturated rings. The second-order valence-electron chi connectivity index (χ2n) is 12.6. The van der Waals surface area contributed by atoms with E-state index in [1.165, 1.54) is 12.7 Å². The molecular formula is C34H54O6. The van der Waals surface area contributed by atoms with Crippen molar-refractivity contribution in [3.8, 4) is 11.5 Å². The Bertz CT molecular complexity index is 1010. The number of aromatic hydroxyl groups is 1. The zero-order valence-electron chi connectivity index (χ0n) is 26.4. The number of benzene rings is 1. The van der Waals surface area contributed by atoms with Crippen molar-refractivity contribution >= 4 is 5.97 Å². The molecule has 1 N–H and O–H groups in total. The largest absolute Gasteiger partial charge is 0.507 e. The molecule has 6 nitrogen and oxygen atoms in total. The van der Waals surface area contributed by atoms with E-state index >= 15 is 0 Å². The number of ether oxygens (including phenoxy) is 4. The fraction of sp³-hybridized carbons (Fsp3) is 0.676. The summed E-state index contributed by atoms with van der Waals surface area (Å²) in [6.07, 6.45) is 9.53. The second-order valence-corrected chi connectivity index (χ2v) is 12.6. The molecule has 2 atom stereocenters. The number of rotatable bonds is 17. The van der Waals surface area contributed by atoms with Gasteiger partial charge in [0.15, 0.2) is 0 Å². The first-order chi connectivity index (χ1) is 18.8. The Kier molecular flexibility index (Phi) is 13.2. The van der Waals surface area contributed by atoms with Crippen LogP contribution in [0.1, 0.15) is 110 Å². The Morgan fingerprint density at radius 3 is 2.48 bits per heavy atom. The highest BCUT2D eigenvalue weighted by molar-refractivity contribution is 5.69. The monoisotopic (exact) mass is 558 g/mol. The summed E-state index contributed by atoms with van der Waals surface area (Å²) in [6.45, 7) is 19.7. The number of carbonyl (C=O) groups excluding carboxylic acids is 1. The Hall–Kier alpha value is -2.31. The van der Waals surface area contributed by atoms with Gasteiger partial charge in [-0.3, -0.25) is 4.79 Å². The first-order valence-corrected chi connectivity index (χ1v) is 14.9. The van der Waals surface area contributed by atoms with Crippen LogP contribution in [-0.4, -0.2) is 49.2 Å². The van der Waals surface area contributed by atoms with Crippen molar-refractivity contribution in [2.24, 2.45) is 5.92 Å². The lowest BCUT2D eigenvalue weighted by Gasteiger charge is -2.33. The highest BCUT2D eigenvalue weighted by Crippen LogP contribution is 2.47. The van der Waals surface area contributed by atoms with Gasteiger partial charge in [-0.05, 0) is 97.3 Å². The number of hydrogen-bond donors (Lipinski definition) is 1. The first-order valence-electron chi connectivity index (χ1n) is 14.9. The second kappa shape index (κ2) is 15.6. The summed E-state index contributed by atoms with van der Waals surface area (Å²) >= 11 is 0. The Labute approximate surface area is 243 Å². The number of phenolic OH excluding ortho intramolecular Hbond substituents is 1.